The monoisotopic (exact) mass is 298 g/mol. The minimum absolute atomic E-state index is 0.212. The van der Waals surface area contributed by atoms with Crippen LogP contribution in [-0.4, -0.2) is 20.9 Å². The minimum Gasteiger partial charge on any atom is -0.308 e. The molecule has 0 aliphatic carbocycles. The molecule has 0 radical (unpaired) electrons. The van der Waals surface area contributed by atoms with Gasteiger partial charge >= 0.3 is 5.69 Å². The fraction of sp³-hybridized carbons (Fsp3) is 0.0667. The molecule has 0 saturated heterocycles. The SMILES string of the molecule is Cc1cc(C(=O)Nc2ccnc(=O)[nH]2)c2cc(F)ccc2n1. The number of H-pyrrole nitrogens is 1. The van der Waals surface area contributed by atoms with Gasteiger partial charge in [0.2, 0.25) is 0 Å². The van der Waals surface area contributed by atoms with Gasteiger partial charge in [0, 0.05) is 17.3 Å². The highest BCUT2D eigenvalue weighted by molar-refractivity contribution is 6.12. The Balaban J connectivity index is 2.07. The zero-order valence-electron chi connectivity index (χ0n) is 11.6. The van der Waals surface area contributed by atoms with Gasteiger partial charge in [-0.05, 0) is 37.3 Å². The first-order valence-electron chi connectivity index (χ1n) is 6.46. The zero-order chi connectivity index (χ0) is 15.7. The van der Waals surface area contributed by atoms with Crippen molar-refractivity contribution >= 4 is 22.6 Å². The molecule has 3 rings (SSSR count). The van der Waals surface area contributed by atoms with Crippen LogP contribution in [0.3, 0.4) is 0 Å². The van der Waals surface area contributed by atoms with Crippen LogP contribution >= 0.6 is 0 Å². The Morgan fingerprint density at radius 3 is 2.86 bits per heavy atom. The van der Waals surface area contributed by atoms with Crippen LogP contribution in [-0.2, 0) is 0 Å². The summed E-state index contributed by atoms with van der Waals surface area (Å²) in [5.41, 5.74) is 0.863. The Hall–Kier alpha value is -3.09. The maximum atomic E-state index is 13.4. The summed E-state index contributed by atoms with van der Waals surface area (Å²) in [4.78, 5) is 33.7. The number of amides is 1. The first-order chi connectivity index (χ1) is 10.5. The third kappa shape index (κ3) is 2.69. The summed E-state index contributed by atoms with van der Waals surface area (Å²) in [6, 6.07) is 7.08. The molecule has 0 spiro atoms. The number of hydrogen-bond acceptors (Lipinski definition) is 4. The quantitative estimate of drug-likeness (QED) is 0.757. The molecular formula is C15H11FN4O2. The molecule has 0 atom stereocenters. The summed E-state index contributed by atoms with van der Waals surface area (Å²) in [6.07, 6.45) is 1.28. The van der Waals surface area contributed by atoms with Crippen LogP contribution in [0, 0.1) is 12.7 Å². The predicted molar refractivity (Wildman–Crippen MR) is 79.2 cm³/mol. The Kier molecular flexibility index (Phi) is 3.38. The van der Waals surface area contributed by atoms with E-state index in [1.807, 2.05) is 0 Å². The van der Waals surface area contributed by atoms with Gasteiger partial charge in [0.15, 0.2) is 0 Å². The van der Waals surface area contributed by atoms with Crippen LogP contribution in [0.25, 0.3) is 10.9 Å². The summed E-state index contributed by atoms with van der Waals surface area (Å²) in [5, 5.41) is 2.96. The lowest BCUT2D eigenvalue weighted by Gasteiger charge is -2.09. The molecule has 0 fully saturated rings. The van der Waals surface area contributed by atoms with Crippen LogP contribution in [0.15, 0.2) is 41.3 Å². The van der Waals surface area contributed by atoms with Crippen LogP contribution < -0.4 is 11.0 Å². The first kappa shape index (κ1) is 13.9. The molecule has 0 unspecified atom stereocenters. The van der Waals surface area contributed by atoms with E-state index in [2.05, 4.69) is 20.3 Å². The molecule has 0 aliphatic rings. The molecular weight excluding hydrogens is 287 g/mol. The van der Waals surface area contributed by atoms with Crippen molar-refractivity contribution in [2.24, 2.45) is 0 Å². The Morgan fingerprint density at radius 1 is 1.27 bits per heavy atom. The number of benzene rings is 1. The number of rotatable bonds is 2. The van der Waals surface area contributed by atoms with E-state index in [1.165, 1.54) is 30.5 Å². The molecule has 2 heterocycles. The largest absolute Gasteiger partial charge is 0.346 e. The summed E-state index contributed by atoms with van der Waals surface area (Å²) in [5.74, 6) is -0.712. The predicted octanol–water partition coefficient (Wildman–Crippen LogP) is 2.02. The van der Waals surface area contributed by atoms with E-state index in [4.69, 9.17) is 0 Å². The number of nitrogens with one attached hydrogen (secondary N) is 2. The fourth-order valence-electron chi connectivity index (χ4n) is 2.15. The lowest BCUT2D eigenvalue weighted by molar-refractivity contribution is 0.102. The van der Waals surface area contributed by atoms with Crippen molar-refractivity contribution in [2.75, 3.05) is 5.32 Å². The normalized spacial score (nSPS) is 10.6. The second-order valence-corrected chi connectivity index (χ2v) is 4.72. The third-order valence-corrected chi connectivity index (χ3v) is 3.07. The molecule has 0 saturated carbocycles. The van der Waals surface area contributed by atoms with Gasteiger partial charge in [-0.15, -0.1) is 0 Å². The van der Waals surface area contributed by atoms with Crippen molar-refractivity contribution in [3.05, 3.63) is 64.1 Å². The third-order valence-electron chi connectivity index (χ3n) is 3.07. The number of aryl methyl sites for hydroxylation is 1. The summed E-state index contributed by atoms with van der Waals surface area (Å²) in [6.45, 7) is 1.74. The van der Waals surface area contributed by atoms with Crippen molar-refractivity contribution < 1.29 is 9.18 Å². The van der Waals surface area contributed by atoms with Gasteiger partial charge in [-0.2, -0.15) is 0 Å². The summed E-state index contributed by atoms with van der Waals surface area (Å²) >= 11 is 0. The van der Waals surface area contributed by atoms with Crippen LogP contribution in [0.1, 0.15) is 16.1 Å². The lowest BCUT2D eigenvalue weighted by atomic mass is 10.1. The number of hydrogen-bond donors (Lipinski definition) is 2. The molecule has 22 heavy (non-hydrogen) atoms. The minimum atomic E-state index is -0.570. The van der Waals surface area contributed by atoms with Crippen molar-refractivity contribution in [2.45, 2.75) is 6.92 Å². The Morgan fingerprint density at radius 2 is 2.09 bits per heavy atom. The number of fused-ring (bicyclic) bond motifs is 1. The van der Waals surface area contributed by atoms with Gasteiger partial charge in [0.05, 0.1) is 11.1 Å². The van der Waals surface area contributed by atoms with E-state index in [0.717, 1.165) is 0 Å². The second-order valence-electron chi connectivity index (χ2n) is 4.72. The highest BCUT2D eigenvalue weighted by Crippen LogP contribution is 2.20. The number of aromatic nitrogens is 3. The fourth-order valence-corrected chi connectivity index (χ4v) is 2.15. The van der Waals surface area contributed by atoms with E-state index < -0.39 is 17.4 Å². The number of anilines is 1. The average molecular weight is 298 g/mol. The summed E-state index contributed by atoms with van der Waals surface area (Å²) < 4.78 is 13.4. The lowest BCUT2D eigenvalue weighted by Crippen LogP contribution is -2.18. The van der Waals surface area contributed by atoms with Crippen molar-refractivity contribution in [3.63, 3.8) is 0 Å². The second kappa shape index (κ2) is 5.36. The number of aromatic amines is 1. The highest BCUT2D eigenvalue weighted by Gasteiger charge is 2.13. The van der Waals surface area contributed by atoms with E-state index in [1.54, 1.807) is 13.0 Å². The number of nitrogens with zero attached hydrogens (tertiary/aromatic N) is 2. The van der Waals surface area contributed by atoms with E-state index in [-0.39, 0.29) is 11.4 Å². The van der Waals surface area contributed by atoms with E-state index >= 15 is 0 Å². The Labute approximate surface area is 124 Å². The van der Waals surface area contributed by atoms with Crippen molar-refractivity contribution in [1.29, 1.82) is 0 Å². The molecule has 1 amide bonds. The molecule has 0 bridgehead atoms. The van der Waals surface area contributed by atoms with Gasteiger partial charge in [0.1, 0.15) is 11.6 Å². The number of halogens is 1. The van der Waals surface area contributed by atoms with Crippen molar-refractivity contribution in [1.82, 2.24) is 15.0 Å². The van der Waals surface area contributed by atoms with E-state index in [0.29, 0.717) is 16.6 Å². The van der Waals surface area contributed by atoms with Gasteiger partial charge in [0.25, 0.3) is 5.91 Å². The van der Waals surface area contributed by atoms with Crippen molar-refractivity contribution in [3.8, 4) is 0 Å². The smallest absolute Gasteiger partial charge is 0.308 e. The van der Waals surface area contributed by atoms with Gasteiger partial charge in [-0.1, -0.05) is 0 Å². The molecule has 6 nitrogen and oxygen atoms in total. The molecule has 3 aromatic rings. The van der Waals surface area contributed by atoms with Gasteiger partial charge < -0.3 is 5.32 Å². The molecule has 0 aliphatic heterocycles. The molecule has 1 aromatic carbocycles. The number of carbonyl (C=O) groups excluding carboxylic acids is 1. The topological polar surface area (TPSA) is 87.7 Å². The van der Waals surface area contributed by atoms with Crippen LogP contribution in [0.4, 0.5) is 10.2 Å². The number of carbonyl (C=O) groups is 1. The average Bonchev–Trinajstić information content (AvgIpc) is 2.47. The van der Waals surface area contributed by atoms with Crippen LogP contribution in [0.5, 0.6) is 0 Å². The first-order valence-corrected chi connectivity index (χ1v) is 6.46. The molecule has 2 aromatic heterocycles. The van der Waals surface area contributed by atoms with Gasteiger partial charge in [-0.25, -0.2) is 14.2 Å². The molecule has 110 valence electrons. The molecule has 2 N–H and O–H groups in total. The van der Waals surface area contributed by atoms with Crippen LogP contribution in [0.2, 0.25) is 0 Å². The maximum Gasteiger partial charge on any atom is 0.346 e. The number of pyridine rings is 1. The highest BCUT2D eigenvalue weighted by atomic mass is 19.1. The standard InChI is InChI=1S/C15H11FN4O2/c1-8-6-11(10-7-9(16)2-3-12(10)18-8)14(21)19-13-4-5-17-15(22)20-13/h2-7H,1H3,(H2,17,19,20,21,22). The van der Waals surface area contributed by atoms with Gasteiger partial charge in [-0.3, -0.25) is 14.8 Å². The Bertz CT molecular complexity index is 936. The maximum absolute atomic E-state index is 13.4. The molecule has 7 heteroatoms. The van der Waals surface area contributed by atoms with E-state index in [9.17, 15) is 14.0 Å². The zero-order valence-corrected chi connectivity index (χ0v) is 11.6. The summed E-state index contributed by atoms with van der Waals surface area (Å²) in [7, 11) is 0.